The summed E-state index contributed by atoms with van der Waals surface area (Å²) in [6.07, 6.45) is 2.99. The summed E-state index contributed by atoms with van der Waals surface area (Å²) in [6, 6.07) is 4.37. The van der Waals surface area contributed by atoms with Gasteiger partial charge in [-0.1, -0.05) is 12.1 Å². The Morgan fingerprint density at radius 3 is 2.56 bits per heavy atom. The summed E-state index contributed by atoms with van der Waals surface area (Å²) in [5.74, 6) is 0. The zero-order valence-electron chi connectivity index (χ0n) is 10.5. The zero-order chi connectivity index (χ0) is 11.9. The number of rotatable bonds is 2. The van der Waals surface area contributed by atoms with E-state index in [2.05, 4.69) is 51.0 Å². The SMILES string of the molecule is Cc1ccc2c(CC(C)(C)N)c[nH]c2c1C. The number of hydrogen-bond acceptors (Lipinski definition) is 1. The fourth-order valence-corrected chi connectivity index (χ4v) is 2.14. The fraction of sp³-hybridized carbons (Fsp3) is 0.429. The van der Waals surface area contributed by atoms with Crippen LogP contribution in [0.15, 0.2) is 18.3 Å². The van der Waals surface area contributed by atoms with Gasteiger partial charge in [0.15, 0.2) is 0 Å². The Balaban J connectivity index is 2.54. The van der Waals surface area contributed by atoms with Crippen LogP contribution < -0.4 is 5.73 Å². The van der Waals surface area contributed by atoms with Gasteiger partial charge in [-0.05, 0) is 50.8 Å². The standard InChI is InChI=1S/C14H20N2/c1-9-5-6-12-11(7-14(3,4)15)8-16-13(12)10(9)2/h5-6,8,16H,7,15H2,1-4H3. The van der Waals surface area contributed by atoms with E-state index in [9.17, 15) is 0 Å². The second-order valence-corrected chi connectivity index (χ2v) is 5.41. The van der Waals surface area contributed by atoms with Crippen molar-refractivity contribution in [2.24, 2.45) is 5.73 Å². The van der Waals surface area contributed by atoms with Crippen molar-refractivity contribution in [2.75, 3.05) is 0 Å². The van der Waals surface area contributed by atoms with Gasteiger partial charge in [0, 0.05) is 22.6 Å². The molecular formula is C14H20N2. The van der Waals surface area contributed by atoms with Crippen LogP contribution in [0, 0.1) is 13.8 Å². The maximum Gasteiger partial charge on any atom is 0.0489 e. The maximum atomic E-state index is 6.07. The molecule has 0 unspecified atom stereocenters. The fourth-order valence-electron chi connectivity index (χ4n) is 2.14. The number of nitrogens with one attached hydrogen (secondary N) is 1. The molecule has 0 atom stereocenters. The summed E-state index contributed by atoms with van der Waals surface area (Å²) in [7, 11) is 0. The minimum absolute atomic E-state index is 0.159. The largest absolute Gasteiger partial charge is 0.361 e. The first kappa shape index (κ1) is 11.2. The molecule has 0 aliphatic carbocycles. The molecule has 2 nitrogen and oxygen atoms in total. The van der Waals surface area contributed by atoms with Gasteiger partial charge < -0.3 is 10.7 Å². The monoisotopic (exact) mass is 216 g/mol. The van der Waals surface area contributed by atoms with Gasteiger partial charge in [-0.15, -0.1) is 0 Å². The molecule has 2 rings (SSSR count). The molecule has 2 heteroatoms. The lowest BCUT2D eigenvalue weighted by atomic mass is 9.95. The highest BCUT2D eigenvalue weighted by Gasteiger charge is 2.15. The van der Waals surface area contributed by atoms with Gasteiger partial charge in [-0.2, -0.15) is 0 Å². The number of H-pyrrole nitrogens is 1. The second kappa shape index (κ2) is 3.63. The van der Waals surface area contributed by atoms with Crippen LogP contribution in [-0.2, 0) is 6.42 Å². The minimum Gasteiger partial charge on any atom is -0.361 e. The van der Waals surface area contributed by atoms with E-state index in [1.54, 1.807) is 0 Å². The summed E-state index contributed by atoms with van der Waals surface area (Å²) in [5.41, 5.74) is 11.1. The molecule has 0 spiro atoms. The molecule has 0 saturated carbocycles. The highest BCUT2D eigenvalue weighted by atomic mass is 14.7. The molecule has 0 saturated heterocycles. The van der Waals surface area contributed by atoms with E-state index in [4.69, 9.17) is 5.73 Å². The molecule has 86 valence electrons. The number of fused-ring (bicyclic) bond motifs is 1. The summed E-state index contributed by atoms with van der Waals surface area (Å²) in [6.45, 7) is 8.42. The van der Waals surface area contributed by atoms with E-state index < -0.39 is 0 Å². The Hall–Kier alpha value is -1.28. The van der Waals surface area contributed by atoms with E-state index in [1.165, 1.54) is 27.6 Å². The average molecular weight is 216 g/mol. The third-order valence-corrected chi connectivity index (χ3v) is 3.12. The topological polar surface area (TPSA) is 41.8 Å². The van der Waals surface area contributed by atoms with Crippen LogP contribution in [0.4, 0.5) is 0 Å². The van der Waals surface area contributed by atoms with Gasteiger partial charge in [-0.25, -0.2) is 0 Å². The summed E-state index contributed by atoms with van der Waals surface area (Å²) in [4.78, 5) is 3.36. The van der Waals surface area contributed by atoms with Gasteiger partial charge in [0.2, 0.25) is 0 Å². The van der Waals surface area contributed by atoms with Crippen molar-refractivity contribution >= 4 is 10.9 Å². The molecular weight excluding hydrogens is 196 g/mol. The molecule has 0 aliphatic heterocycles. The van der Waals surface area contributed by atoms with Crippen LogP contribution in [0.25, 0.3) is 10.9 Å². The predicted molar refractivity (Wildman–Crippen MR) is 69.7 cm³/mol. The van der Waals surface area contributed by atoms with Crippen molar-refractivity contribution < 1.29 is 0 Å². The number of benzene rings is 1. The van der Waals surface area contributed by atoms with Crippen LogP contribution in [0.3, 0.4) is 0 Å². The lowest BCUT2D eigenvalue weighted by Crippen LogP contribution is -2.34. The Morgan fingerprint density at radius 2 is 1.94 bits per heavy atom. The molecule has 2 aromatic rings. The third-order valence-electron chi connectivity index (χ3n) is 3.12. The van der Waals surface area contributed by atoms with Crippen LogP contribution in [0.2, 0.25) is 0 Å². The second-order valence-electron chi connectivity index (χ2n) is 5.41. The van der Waals surface area contributed by atoms with E-state index in [1.807, 2.05) is 0 Å². The van der Waals surface area contributed by atoms with Crippen LogP contribution in [-0.4, -0.2) is 10.5 Å². The molecule has 16 heavy (non-hydrogen) atoms. The number of aromatic nitrogens is 1. The highest BCUT2D eigenvalue weighted by Crippen LogP contribution is 2.25. The van der Waals surface area contributed by atoms with E-state index >= 15 is 0 Å². The Bertz CT molecular complexity index is 515. The third kappa shape index (κ3) is 1.98. The van der Waals surface area contributed by atoms with Gasteiger partial charge in [0.25, 0.3) is 0 Å². The van der Waals surface area contributed by atoms with Crippen LogP contribution in [0.5, 0.6) is 0 Å². The van der Waals surface area contributed by atoms with Crippen molar-refractivity contribution in [3.05, 3.63) is 35.0 Å². The predicted octanol–water partition coefficient (Wildman–Crippen LogP) is 3.06. The van der Waals surface area contributed by atoms with Gasteiger partial charge >= 0.3 is 0 Å². The zero-order valence-corrected chi connectivity index (χ0v) is 10.5. The first-order valence-electron chi connectivity index (χ1n) is 5.73. The van der Waals surface area contributed by atoms with E-state index in [0.29, 0.717) is 0 Å². The molecule has 1 heterocycles. The Kier molecular flexibility index (Phi) is 2.55. The lowest BCUT2D eigenvalue weighted by molar-refractivity contribution is 0.518. The summed E-state index contributed by atoms with van der Waals surface area (Å²) in [5, 5.41) is 1.31. The molecule has 0 aliphatic rings. The number of hydrogen-bond donors (Lipinski definition) is 2. The average Bonchev–Trinajstić information content (AvgIpc) is 2.53. The van der Waals surface area contributed by atoms with Crippen LogP contribution >= 0.6 is 0 Å². The van der Waals surface area contributed by atoms with Crippen molar-refractivity contribution in [2.45, 2.75) is 39.7 Å². The number of aromatic amines is 1. The summed E-state index contributed by atoms with van der Waals surface area (Å²) < 4.78 is 0. The van der Waals surface area contributed by atoms with Gasteiger partial charge in [-0.3, -0.25) is 0 Å². The quantitative estimate of drug-likeness (QED) is 0.796. The molecule has 0 bridgehead atoms. The first-order valence-corrected chi connectivity index (χ1v) is 5.73. The number of nitrogens with two attached hydrogens (primary N) is 1. The molecule has 1 aromatic carbocycles. The Morgan fingerprint density at radius 1 is 1.25 bits per heavy atom. The van der Waals surface area contributed by atoms with Gasteiger partial charge in [0.1, 0.15) is 0 Å². The van der Waals surface area contributed by atoms with Crippen molar-refractivity contribution in [3.63, 3.8) is 0 Å². The van der Waals surface area contributed by atoms with E-state index in [-0.39, 0.29) is 5.54 Å². The van der Waals surface area contributed by atoms with E-state index in [0.717, 1.165) is 6.42 Å². The summed E-state index contributed by atoms with van der Waals surface area (Å²) >= 11 is 0. The molecule has 0 amide bonds. The van der Waals surface area contributed by atoms with Crippen molar-refractivity contribution in [1.82, 2.24) is 4.98 Å². The molecule has 1 aromatic heterocycles. The Labute approximate surface area is 96.9 Å². The van der Waals surface area contributed by atoms with Crippen molar-refractivity contribution in [1.29, 1.82) is 0 Å². The minimum atomic E-state index is -0.159. The maximum absolute atomic E-state index is 6.07. The smallest absolute Gasteiger partial charge is 0.0489 e. The van der Waals surface area contributed by atoms with Gasteiger partial charge in [0.05, 0.1) is 0 Å². The molecule has 0 radical (unpaired) electrons. The van der Waals surface area contributed by atoms with Crippen LogP contribution in [0.1, 0.15) is 30.5 Å². The highest BCUT2D eigenvalue weighted by molar-refractivity contribution is 5.86. The normalized spacial score (nSPS) is 12.3. The van der Waals surface area contributed by atoms with Crippen molar-refractivity contribution in [3.8, 4) is 0 Å². The first-order chi connectivity index (χ1) is 7.38. The molecule has 3 N–H and O–H groups in total. The number of aryl methyl sites for hydroxylation is 2. The lowest BCUT2D eigenvalue weighted by Gasteiger charge is -2.17. The molecule has 0 fully saturated rings.